The fourth-order valence-corrected chi connectivity index (χ4v) is 3.48. The molecule has 0 spiro atoms. The van der Waals surface area contributed by atoms with Gasteiger partial charge in [0.15, 0.2) is 0 Å². The molecular weight excluding hydrogens is 244 g/mol. The van der Waals surface area contributed by atoms with Gasteiger partial charge in [-0.1, -0.05) is 30.3 Å². The van der Waals surface area contributed by atoms with Crippen LogP contribution in [-0.4, -0.2) is 35.6 Å². The molecule has 2 fully saturated rings. The van der Waals surface area contributed by atoms with E-state index in [4.69, 9.17) is 0 Å². The van der Waals surface area contributed by atoms with Crippen molar-refractivity contribution in [2.45, 2.75) is 51.1 Å². The van der Waals surface area contributed by atoms with Gasteiger partial charge in [0.25, 0.3) is 0 Å². The predicted molar refractivity (Wildman–Crippen MR) is 84.9 cm³/mol. The Kier molecular flexibility index (Phi) is 3.64. The lowest BCUT2D eigenvalue weighted by atomic mass is 9.86. The topological polar surface area (TPSA) is 15.3 Å². The second kappa shape index (κ2) is 5.16. The fraction of sp³-hybridized carbons (Fsp3) is 0.667. The van der Waals surface area contributed by atoms with Crippen molar-refractivity contribution in [3.05, 3.63) is 35.9 Å². The molecule has 0 amide bonds. The van der Waals surface area contributed by atoms with Crippen LogP contribution in [0.3, 0.4) is 0 Å². The van der Waals surface area contributed by atoms with E-state index in [0.29, 0.717) is 5.54 Å². The first kappa shape index (κ1) is 14.1. The van der Waals surface area contributed by atoms with E-state index < -0.39 is 0 Å². The highest BCUT2D eigenvalue weighted by Crippen LogP contribution is 2.42. The van der Waals surface area contributed by atoms with Crippen LogP contribution in [0.1, 0.15) is 39.2 Å². The molecule has 0 radical (unpaired) electrons. The summed E-state index contributed by atoms with van der Waals surface area (Å²) in [6.45, 7) is 10.6. The quantitative estimate of drug-likeness (QED) is 0.906. The summed E-state index contributed by atoms with van der Waals surface area (Å²) in [6, 6.07) is 10.9. The van der Waals surface area contributed by atoms with E-state index in [1.807, 2.05) is 0 Å². The van der Waals surface area contributed by atoms with Crippen LogP contribution in [0.2, 0.25) is 0 Å². The number of hydrogen-bond donors (Lipinski definition) is 1. The lowest BCUT2D eigenvalue weighted by Gasteiger charge is -2.51. The molecule has 1 aromatic carbocycles. The molecule has 1 N–H and O–H groups in total. The molecule has 2 heteroatoms. The van der Waals surface area contributed by atoms with E-state index in [9.17, 15) is 0 Å². The molecule has 1 aliphatic heterocycles. The number of nitrogens with zero attached hydrogens (tertiary/aromatic N) is 1. The smallest absolute Gasteiger partial charge is 0.0309 e. The monoisotopic (exact) mass is 272 g/mol. The van der Waals surface area contributed by atoms with E-state index in [-0.39, 0.29) is 5.54 Å². The summed E-state index contributed by atoms with van der Waals surface area (Å²) in [6.07, 6.45) is 3.98. The summed E-state index contributed by atoms with van der Waals surface area (Å²) >= 11 is 0. The Morgan fingerprint density at radius 2 is 1.85 bits per heavy atom. The number of piperazine rings is 1. The van der Waals surface area contributed by atoms with E-state index in [1.54, 1.807) is 0 Å². The van der Waals surface area contributed by atoms with Crippen LogP contribution >= 0.6 is 0 Å². The number of benzene rings is 1. The van der Waals surface area contributed by atoms with Crippen molar-refractivity contribution in [1.29, 1.82) is 0 Å². The predicted octanol–water partition coefficient (Wildman–Crippen LogP) is 3.08. The molecule has 1 aliphatic carbocycles. The van der Waals surface area contributed by atoms with Gasteiger partial charge in [0.05, 0.1) is 0 Å². The maximum absolute atomic E-state index is 3.83. The van der Waals surface area contributed by atoms with Gasteiger partial charge < -0.3 is 5.32 Å². The van der Waals surface area contributed by atoms with Crippen LogP contribution in [0.5, 0.6) is 0 Å². The first-order valence-electron chi connectivity index (χ1n) is 8.04. The zero-order chi connectivity index (χ0) is 14.2. The van der Waals surface area contributed by atoms with Crippen molar-refractivity contribution in [3.8, 4) is 0 Å². The summed E-state index contributed by atoms with van der Waals surface area (Å²) < 4.78 is 0. The Hall–Kier alpha value is -0.860. The largest absolute Gasteiger partial charge is 0.308 e. The number of hydrogen-bond acceptors (Lipinski definition) is 2. The molecule has 1 atom stereocenters. The second-order valence-corrected chi connectivity index (χ2v) is 7.51. The summed E-state index contributed by atoms with van der Waals surface area (Å²) in [5.41, 5.74) is 2.06. The van der Waals surface area contributed by atoms with E-state index in [2.05, 4.69) is 61.3 Å². The van der Waals surface area contributed by atoms with Crippen LogP contribution in [-0.2, 0) is 6.42 Å². The highest BCUT2D eigenvalue weighted by Gasteiger charge is 2.47. The van der Waals surface area contributed by atoms with Gasteiger partial charge in [-0.3, -0.25) is 4.90 Å². The molecule has 2 aliphatic rings. The zero-order valence-corrected chi connectivity index (χ0v) is 13.2. The van der Waals surface area contributed by atoms with Crippen molar-refractivity contribution < 1.29 is 0 Å². The maximum Gasteiger partial charge on any atom is 0.0309 e. The van der Waals surface area contributed by atoms with Crippen LogP contribution in [0.15, 0.2) is 30.3 Å². The van der Waals surface area contributed by atoms with Gasteiger partial charge in [0, 0.05) is 30.7 Å². The summed E-state index contributed by atoms with van der Waals surface area (Å²) in [5.74, 6) is 0.901. The average Bonchev–Trinajstić information content (AvgIpc) is 3.26. The molecule has 1 aromatic rings. The molecule has 1 unspecified atom stereocenters. The maximum atomic E-state index is 3.83. The SMILES string of the molecule is CC1(C2CC2)CN(CCc2ccccc2)C(C)(C)CN1. The fourth-order valence-electron chi connectivity index (χ4n) is 3.48. The highest BCUT2D eigenvalue weighted by molar-refractivity contribution is 5.15. The average molecular weight is 272 g/mol. The van der Waals surface area contributed by atoms with Crippen molar-refractivity contribution in [2.75, 3.05) is 19.6 Å². The minimum absolute atomic E-state index is 0.267. The van der Waals surface area contributed by atoms with Crippen molar-refractivity contribution in [3.63, 3.8) is 0 Å². The van der Waals surface area contributed by atoms with Crippen molar-refractivity contribution in [2.24, 2.45) is 5.92 Å². The molecule has 1 saturated carbocycles. The summed E-state index contributed by atoms with van der Waals surface area (Å²) in [5, 5.41) is 3.83. The lowest BCUT2D eigenvalue weighted by molar-refractivity contribution is 0.0253. The molecular formula is C18H28N2. The van der Waals surface area contributed by atoms with Gasteiger partial charge in [-0.2, -0.15) is 0 Å². The standard InChI is InChI=1S/C18H28N2/c1-17(2)13-19-18(3,16-9-10-16)14-20(17)12-11-15-7-5-4-6-8-15/h4-8,16,19H,9-14H2,1-3H3. The van der Waals surface area contributed by atoms with Gasteiger partial charge in [0.1, 0.15) is 0 Å². The van der Waals surface area contributed by atoms with Crippen molar-refractivity contribution >= 4 is 0 Å². The van der Waals surface area contributed by atoms with Gasteiger partial charge in [-0.05, 0) is 51.5 Å². The number of rotatable bonds is 4. The first-order chi connectivity index (χ1) is 9.50. The molecule has 3 rings (SSSR count). The summed E-state index contributed by atoms with van der Waals surface area (Å²) in [4.78, 5) is 2.70. The zero-order valence-electron chi connectivity index (χ0n) is 13.2. The minimum Gasteiger partial charge on any atom is -0.308 e. The third kappa shape index (κ3) is 2.91. The van der Waals surface area contributed by atoms with Gasteiger partial charge in [0.2, 0.25) is 0 Å². The van der Waals surface area contributed by atoms with E-state index >= 15 is 0 Å². The molecule has 1 saturated heterocycles. The minimum atomic E-state index is 0.267. The Morgan fingerprint density at radius 1 is 1.15 bits per heavy atom. The summed E-state index contributed by atoms with van der Waals surface area (Å²) in [7, 11) is 0. The Morgan fingerprint density at radius 3 is 2.50 bits per heavy atom. The molecule has 0 bridgehead atoms. The molecule has 0 aromatic heterocycles. The molecule has 1 heterocycles. The van der Waals surface area contributed by atoms with Crippen LogP contribution in [0.25, 0.3) is 0 Å². The first-order valence-corrected chi connectivity index (χ1v) is 8.04. The van der Waals surface area contributed by atoms with Crippen LogP contribution in [0, 0.1) is 5.92 Å². The van der Waals surface area contributed by atoms with E-state index in [1.165, 1.54) is 31.5 Å². The highest BCUT2D eigenvalue weighted by atomic mass is 15.3. The third-order valence-electron chi connectivity index (χ3n) is 5.29. The van der Waals surface area contributed by atoms with Crippen LogP contribution in [0.4, 0.5) is 0 Å². The Labute approximate surface area is 123 Å². The third-order valence-corrected chi connectivity index (χ3v) is 5.29. The molecule has 2 nitrogen and oxygen atoms in total. The van der Waals surface area contributed by atoms with E-state index in [0.717, 1.165) is 18.9 Å². The second-order valence-electron chi connectivity index (χ2n) is 7.51. The molecule has 110 valence electrons. The lowest BCUT2D eigenvalue weighted by Crippen LogP contribution is -2.68. The number of nitrogens with one attached hydrogen (secondary N) is 1. The van der Waals surface area contributed by atoms with Gasteiger partial charge >= 0.3 is 0 Å². The Bertz CT molecular complexity index is 450. The molecule has 20 heavy (non-hydrogen) atoms. The van der Waals surface area contributed by atoms with Gasteiger partial charge in [-0.15, -0.1) is 0 Å². The van der Waals surface area contributed by atoms with Crippen molar-refractivity contribution in [1.82, 2.24) is 10.2 Å². The van der Waals surface area contributed by atoms with Gasteiger partial charge in [-0.25, -0.2) is 0 Å². The normalized spacial score (nSPS) is 30.4. The van der Waals surface area contributed by atoms with Crippen LogP contribution < -0.4 is 5.32 Å². The Balaban J connectivity index is 1.65.